The van der Waals surface area contributed by atoms with Crippen LogP contribution in [0.4, 0.5) is 11.5 Å². The van der Waals surface area contributed by atoms with Crippen LogP contribution in [0.25, 0.3) is 0 Å². The standard InChI is InChI=1S/C10H13ClN4O3/c1-3-12-10(16)6(2)14-9-8(15(17)18)4-7(11)5-13-9/h4-6H,3H2,1-2H3,(H,12,16)(H,13,14). The predicted octanol–water partition coefficient (Wildman–Crippen LogP) is 1.58. The molecule has 7 nitrogen and oxygen atoms in total. The normalized spacial score (nSPS) is 11.7. The lowest BCUT2D eigenvalue weighted by molar-refractivity contribution is -0.384. The lowest BCUT2D eigenvalue weighted by Gasteiger charge is -2.13. The number of carbonyl (C=O) groups is 1. The summed E-state index contributed by atoms with van der Waals surface area (Å²) in [6.45, 7) is 3.86. The zero-order valence-electron chi connectivity index (χ0n) is 9.94. The number of hydrogen-bond donors (Lipinski definition) is 2. The van der Waals surface area contributed by atoms with Gasteiger partial charge in [-0.05, 0) is 13.8 Å². The van der Waals surface area contributed by atoms with Gasteiger partial charge in [0, 0.05) is 18.8 Å². The largest absolute Gasteiger partial charge is 0.355 e. The number of nitrogens with zero attached hydrogens (tertiary/aromatic N) is 2. The second-order valence-electron chi connectivity index (χ2n) is 3.54. The summed E-state index contributed by atoms with van der Waals surface area (Å²) in [7, 11) is 0. The van der Waals surface area contributed by atoms with E-state index in [0.717, 1.165) is 0 Å². The highest BCUT2D eigenvalue weighted by molar-refractivity contribution is 6.30. The van der Waals surface area contributed by atoms with Crippen LogP contribution in [0.3, 0.4) is 0 Å². The molecule has 1 amide bonds. The van der Waals surface area contributed by atoms with Gasteiger partial charge < -0.3 is 10.6 Å². The Morgan fingerprint density at radius 2 is 2.33 bits per heavy atom. The number of rotatable bonds is 5. The van der Waals surface area contributed by atoms with Gasteiger partial charge >= 0.3 is 5.69 Å². The number of anilines is 1. The summed E-state index contributed by atoms with van der Waals surface area (Å²) in [4.78, 5) is 25.5. The fourth-order valence-corrected chi connectivity index (χ4v) is 1.43. The van der Waals surface area contributed by atoms with Crippen molar-refractivity contribution in [2.24, 2.45) is 0 Å². The third kappa shape index (κ3) is 3.56. The summed E-state index contributed by atoms with van der Waals surface area (Å²) in [6, 6.07) is 0.554. The molecular weight excluding hydrogens is 260 g/mol. The molecule has 1 aromatic rings. The Morgan fingerprint density at radius 1 is 1.67 bits per heavy atom. The maximum absolute atomic E-state index is 11.5. The first-order valence-corrected chi connectivity index (χ1v) is 5.67. The Kier molecular flexibility index (Phi) is 4.85. The van der Waals surface area contributed by atoms with E-state index < -0.39 is 11.0 Å². The Morgan fingerprint density at radius 3 is 2.89 bits per heavy atom. The number of nitrogens with one attached hydrogen (secondary N) is 2. The minimum atomic E-state index is -0.627. The van der Waals surface area contributed by atoms with Gasteiger partial charge in [-0.3, -0.25) is 14.9 Å². The SMILES string of the molecule is CCNC(=O)C(C)Nc1ncc(Cl)cc1[N+](=O)[O-]. The van der Waals surface area contributed by atoms with Crippen molar-refractivity contribution in [3.05, 3.63) is 27.4 Å². The van der Waals surface area contributed by atoms with Crippen molar-refractivity contribution in [2.45, 2.75) is 19.9 Å². The van der Waals surface area contributed by atoms with E-state index in [9.17, 15) is 14.9 Å². The van der Waals surface area contributed by atoms with Gasteiger partial charge in [-0.2, -0.15) is 0 Å². The number of pyridine rings is 1. The van der Waals surface area contributed by atoms with E-state index in [-0.39, 0.29) is 22.4 Å². The van der Waals surface area contributed by atoms with Crippen molar-refractivity contribution in [2.75, 3.05) is 11.9 Å². The summed E-state index contributed by atoms with van der Waals surface area (Å²) in [6.07, 6.45) is 1.28. The van der Waals surface area contributed by atoms with E-state index in [0.29, 0.717) is 6.54 Å². The number of aromatic nitrogens is 1. The van der Waals surface area contributed by atoms with E-state index in [4.69, 9.17) is 11.6 Å². The minimum Gasteiger partial charge on any atom is -0.355 e. The Hall–Kier alpha value is -1.89. The first kappa shape index (κ1) is 14.2. The van der Waals surface area contributed by atoms with Crippen LogP contribution >= 0.6 is 11.6 Å². The highest BCUT2D eigenvalue weighted by Crippen LogP contribution is 2.25. The van der Waals surface area contributed by atoms with E-state index in [1.54, 1.807) is 13.8 Å². The lowest BCUT2D eigenvalue weighted by Crippen LogP contribution is -2.37. The van der Waals surface area contributed by atoms with Crippen molar-refractivity contribution in [1.82, 2.24) is 10.3 Å². The molecule has 2 N–H and O–H groups in total. The number of carbonyl (C=O) groups excluding carboxylic acids is 1. The smallest absolute Gasteiger partial charge is 0.312 e. The van der Waals surface area contributed by atoms with Gasteiger partial charge in [-0.1, -0.05) is 11.6 Å². The van der Waals surface area contributed by atoms with Gasteiger partial charge in [0.05, 0.1) is 9.95 Å². The second-order valence-corrected chi connectivity index (χ2v) is 3.98. The molecule has 1 heterocycles. The van der Waals surface area contributed by atoms with Crippen molar-refractivity contribution in [3.8, 4) is 0 Å². The lowest BCUT2D eigenvalue weighted by atomic mass is 10.3. The van der Waals surface area contributed by atoms with Crippen LogP contribution in [0.5, 0.6) is 0 Å². The number of hydrogen-bond acceptors (Lipinski definition) is 5. The summed E-state index contributed by atoms with van der Waals surface area (Å²) < 4.78 is 0. The molecular formula is C10H13ClN4O3. The Balaban J connectivity index is 2.90. The first-order chi connectivity index (χ1) is 8.45. The molecule has 0 radical (unpaired) electrons. The predicted molar refractivity (Wildman–Crippen MR) is 67.7 cm³/mol. The molecule has 1 aromatic heterocycles. The van der Waals surface area contributed by atoms with Crippen LogP contribution in [0, 0.1) is 10.1 Å². The molecule has 0 aliphatic rings. The van der Waals surface area contributed by atoms with Crippen molar-refractivity contribution >= 4 is 29.0 Å². The van der Waals surface area contributed by atoms with Crippen LogP contribution in [0.15, 0.2) is 12.3 Å². The Bertz CT molecular complexity index is 466. The third-order valence-corrected chi connectivity index (χ3v) is 2.34. The molecule has 1 atom stereocenters. The van der Waals surface area contributed by atoms with Gasteiger partial charge in [-0.15, -0.1) is 0 Å². The average molecular weight is 273 g/mol. The topological polar surface area (TPSA) is 97.2 Å². The van der Waals surface area contributed by atoms with Gasteiger partial charge in [0.1, 0.15) is 6.04 Å². The number of nitro groups is 1. The fraction of sp³-hybridized carbons (Fsp3) is 0.400. The van der Waals surface area contributed by atoms with E-state index in [1.807, 2.05) is 0 Å². The van der Waals surface area contributed by atoms with Gasteiger partial charge in [0.25, 0.3) is 0 Å². The molecule has 0 saturated carbocycles. The second kappa shape index (κ2) is 6.15. The highest BCUT2D eigenvalue weighted by atomic mass is 35.5. The molecule has 0 aliphatic heterocycles. The molecule has 1 rings (SSSR count). The molecule has 0 spiro atoms. The minimum absolute atomic E-state index is 0.0168. The zero-order valence-corrected chi connectivity index (χ0v) is 10.7. The molecule has 18 heavy (non-hydrogen) atoms. The van der Waals surface area contributed by atoms with E-state index >= 15 is 0 Å². The number of halogens is 1. The molecule has 0 bridgehead atoms. The molecule has 0 saturated heterocycles. The quantitative estimate of drug-likeness (QED) is 0.626. The summed E-state index contributed by atoms with van der Waals surface area (Å²) in [5.41, 5.74) is -0.265. The van der Waals surface area contributed by atoms with Crippen LogP contribution < -0.4 is 10.6 Å². The maximum atomic E-state index is 11.5. The Labute approximate surface area is 109 Å². The van der Waals surface area contributed by atoms with Crippen molar-refractivity contribution < 1.29 is 9.72 Å². The van der Waals surface area contributed by atoms with Crippen LogP contribution in [0.2, 0.25) is 5.02 Å². The maximum Gasteiger partial charge on any atom is 0.312 e. The van der Waals surface area contributed by atoms with Crippen molar-refractivity contribution in [1.29, 1.82) is 0 Å². The van der Waals surface area contributed by atoms with Crippen molar-refractivity contribution in [3.63, 3.8) is 0 Å². The molecule has 0 fully saturated rings. The molecule has 8 heteroatoms. The zero-order chi connectivity index (χ0) is 13.7. The number of likely N-dealkylation sites (N-methyl/N-ethyl adjacent to an activating group) is 1. The monoisotopic (exact) mass is 272 g/mol. The van der Waals surface area contributed by atoms with E-state index in [2.05, 4.69) is 15.6 Å². The fourth-order valence-electron chi connectivity index (χ4n) is 1.28. The van der Waals surface area contributed by atoms with E-state index in [1.165, 1.54) is 12.3 Å². The summed E-state index contributed by atoms with van der Waals surface area (Å²) >= 11 is 5.64. The number of amides is 1. The van der Waals surface area contributed by atoms with Crippen LogP contribution in [-0.2, 0) is 4.79 Å². The molecule has 0 aliphatic carbocycles. The summed E-state index contributed by atoms with van der Waals surface area (Å²) in [5, 5.41) is 16.3. The van der Waals surface area contributed by atoms with Crippen LogP contribution in [0.1, 0.15) is 13.8 Å². The van der Waals surface area contributed by atoms with Gasteiger partial charge in [-0.25, -0.2) is 4.98 Å². The third-order valence-electron chi connectivity index (χ3n) is 2.13. The van der Waals surface area contributed by atoms with Gasteiger partial charge in [0.15, 0.2) is 0 Å². The average Bonchev–Trinajstić information content (AvgIpc) is 2.31. The van der Waals surface area contributed by atoms with Gasteiger partial charge in [0.2, 0.25) is 11.7 Å². The molecule has 98 valence electrons. The molecule has 1 unspecified atom stereocenters. The highest BCUT2D eigenvalue weighted by Gasteiger charge is 2.20. The summed E-state index contributed by atoms with van der Waals surface area (Å²) in [5.74, 6) is -0.244. The molecule has 0 aromatic carbocycles. The first-order valence-electron chi connectivity index (χ1n) is 5.30. The van der Waals surface area contributed by atoms with Crippen LogP contribution in [-0.4, -0.2) is 28.4 Å².